The van der Waals surface area contributed by atoms with E-state index in [9.17, 15) is 4.79 Å². The molecule has 2 heterocycles. The third-order valence-corrected chi connectivity index (χ3v) is 4.13. The normalized spacial score (nSPS) is 11.1. The molecule has 0 saturated heterocycles. The molecule has 2 aromatic heterocycles. The molecule has 2 N–H and O–H groups in total. The molecular formula is C16H13N3O2S. The summed E-state index contributed by atoms with van der Waals surface area (Å²) in [6.45, 7) is 0. The fraction of sp³-hybridized carbons (Fsp3) is 0.0625. The number of benzene rings is 1. The molecule has 0 spiro atoms. The molecule has 3 aromatic rings. The first-order valence-electron chi connectivity index (χ1n) is 6.53. The molecule has 1 amide bonds. The summed E-state index contributed by atoms with van der Waals surface area (Å²) in [5, 5.41) is 0.866. The number of nitrogens with two attached hydrogens (primary N) is 1. The Morgan fingerprint density at radius 1 is 1.32 bits per heavy atom. The minimum Gasteiger partial charge on any atom is -0.497 e. The first-order valence-corrected chi connectivity index (χ1v) is 7.35. The van der Waals surface area contributed by atoms with Gasteiger partial charge in [-0.25, -0.2) is 4.98 Å². The number of thiazole rings is 1. The van der Waals surface area contributed by atoms with Crippen LogP contribution in [0.3, 0.4) is 0 Å². The van der Waals surface area contributed by atoms with Crippen LogP contribution in [0.2, 0.25) is 0 Å². The van der Waals surface area contributed by atoms with Gasteiger partial charge in [0.2, 0.25) is 5.91 Å². The zero-order valence-corrected chi connectivity index (χ0v) is 12.6. The predicted octanol–water partition coefficient (Wildman–Crippen LogP) is 2.87. The van der Waals surface area contributed by atoms with Crippen molar-refractivity contribution in [2.45, 2.75) is 0 Å². The van der Waals surface area contributed by atoms with Crippen LogP contribution in [-0.4, -0.2) is 23.0 Å². The quantitative estimate of drug-likeness (QED) is 0.751. The number of aromatic nitrogens is 2. The van der Waals surface area contributed by atoms with E-state index in [1.165, 1.54) is 6.08 Å². The van der Waals surface area contributed by atoms with E-state index in [-0.39, 0.29) is 0 Å². The van der Waals surface area contributed by atoms with Crippen molar-refractivity contribution < 1.29 is 9.53 Å². The zero-order chi connectivity index (χ0) is 15.5. The smallest absolute Gasteiger partial charge is 0.241 e. The SMILES string of the molecule is COc1ccc2sc(-c3cncc(/C=C/C(N)=O)c3)nc2c1. The van der Waals surface area contributed by atoms with Crippen molar-refractivity contribution in [2.24, 2.45) is 5.73 Å². The van der Waals surface area contributed by atoms with E-state index in [2.05, 4.69) is 9.97 Å². The van der Waals surface area contributed by atoms with E-state index in [0.717, 1.165) is 32.1 Å². The van der Waals surface area contributed by atoms with Crippen LogP contribution in [0.1, 0.15) is 5.56 Å². The van der Waals surface area contributed by atoms with E-state index in [0.29, 0.717) is 0 Å². The van der Waals surface area contributed by atoms with Crippen molar-refractivity contribution in [3.63, 3.8) is 0 Å². The second kappa shape index (κ2) is 5.95. The van der Waals surface area contributed by atoms with Crippen LogP contribution in [-0.2, 0) is 4.79 Å². The molecule has 0 unspecified atom stereocenters. The highest BCUT2D eigenvalue weighted by Crippen LogP contribution is 2.32. The van der Waals surface area contributed by atoms with Gasteiger partial charge < -0.3 is 10.5 Å². The number of methoxy groups -OCH3 is 1. The maximum Gasteiger partial charge on any atom is 0.241 e. The van der Waals surface area contributed by atoms with Gasteiger partial charge in [0.05, 0.1) is 17.3 Å². The molecule has 0 atom stereocenters. The van der Waals surface area contributed by atoms with Gasteiger partial charge in [0.25, 0.3) is 0 Å². The minimum atomic E-state index is -0.488. The molecule has 0 aliphatic rings. The summed E-state index contributed by atoms with van der Waals surface area (Å²) in [7, 11) is 1.63. The monoisotopic (exact) mass is 311 g/mol. The Morgan fingerprint density at radius 2 is 2.18 bits per heavy atom. The molecule has 110 valence electrons. The number of amides is 1. The van der Waals surface area contributed by atoms with Crippen LogP contribution >= 0.6 is 11.3 Å². The number of hydrogen-bond donors (Lipinski definition) is 1. The first kappa shape index (κ1) is 14.2. The summed E-state index contributed by atoms with van der Waals surface area (Å²) in [5.74, 6) is 0.290. The Labute approximate surface area is 131 Å². The Kier molecular flexibility index (Phi) is 3.84. The van der Waals surface area contributed by atoms with Crippen molar-refractivity contribution in [3.8, 4) is 16.3 Å². The number of nitrogens with zero attached hydrogens (tertiary/aromatic N) is 2. The highest BCUT2D eigenvalue weighted by atomic mass is 32.1. The van der Waals surface area contributed by atoms with E-state index >= 15 is 0 Å². The number of hydrogen-bond acceptors (Lipinski definition) is 5. The fourth-order valence-electron chi connectivity index (χ4n) is 2.00. The van der Waals surface area contributed by atoms with Crippen molar-refractivity contribution in [3.05, 3.63) is 48.3 Å². The fourth-order valence-corrected chi connectivity index (χ4v) is 2.93. The van der Waals surface area contributed by atoms with Crippen molar-refractivity contribution in [2.75, 3.05) is 7.11 Å². The molecule has 0 saturated carbocycles. The average Bonchev–Trinajstić information content (AvgIpc) is 2.96. The lowest BCUT2D eigenvalue weighted by atomic mass is 10.2. The van der Waals surface area contributed by atoms with E-state index in [1.807, 2.05) is 24.3 Å². The molecule has 22 heavy (non-hydrogen) atoms. The third kappa shape index (κ3) is 2.96. The summed E-state index contributed by atoms with van der Waals surface area (Å²) in [6.07, 6.45) is 6.36. The van der Waals surface area contributed by atoms with E-state index in [1.54, 1.807) is 36.9 Å². The molecule has 0 aliphatic heterocycles. The van der Waals surface area contributed by atoms with Crippen LogP contribution in [0.5, 0.6) is 5.75 Å². The minimum absolute atomic E-state index is 0.488. The predicted molar refractivity (Wildman–Crippen MR) is 87.6 cm³/mol. The number of carbonyl (C=O) groups excluding carboxylic acids is 1. The summed E-state index contributed by atoms with van der Waals surface area (Å²) < 4.78 is 6.29. The number of ether oxygens (including phenoxy) is 1. The molecule has 6 heteroatoms. The second-order valence-electron chi connectivity index (χ2n) is 4.60. The molecule has 0 fully saturated rings. The summed E-state index contributed by atoms with van der Waals surface area (Å²) in [4.78, 5) is 19.6. The third-order valence-electron chi connectivity index (χ3n) is 3.04. The maximum atomic E-state index is 10.8. The lowest BCUT2D eigenvalue weighted by Gasteiger charge is -1.97. The lowest BCUT2D eigenvalue weighted by molar-refractivity contribution is -0.113. The second-order valence-corrected chi connectivity index (χ2v) is 5.63. The molecule has 0 bridgehead atoms. The highest BCUT2D eigenvalue weighted by Gasteiger charge is 2.08. The number of rotatable bonds is 4. The Morgan fingerprint density at radius 3 is 2.95 bits per heavy atom. The molecule has 1 aromatic carbocycles. The molecule has 3 rings (SSSR count). The Balaban J connectivity index is 2.00. The van der Waals surface area contributed by atoms with Gasteiger partial charge in [-0.05, 0) is 29.8 Å². The van der Waals surface area contributed by atoms with Crippen LogP contribution in [0.25, 0.3) is 26.9 Å². The van der Waals surface area contributed by atoms with Gasteiger partial charge in [-0.2, -0.15) is 0 Å². The van der Waals surface area contributed by atoms with Gasteiger partial charge in [-0.15, -0.1) is 11.3 Å². The van der Waals surface area contributed by atoms with Gasteiger partial charge in [-0.1, -0.05) is 0 Å². The van der Waals surface area contributed by atoms with Gasteiger partial charge in [0.15, 0.2) is 0 Å². The van der Waals surface area contributed by atoms with Crippen LogP contribution in [0, 0.1) is 0 Å². The number of fused-ring (bicyclic) bond motifs is 1. The summed E-state index contributed by atoms with van der Waals surface area (Å²) in [5.41, 5.74) is 7.68. The molecular weight excluding hydrogens is 298 g/mol. The molecule has 0 aliphatic carbocycles. The highest BCUT2D eigenvalue weighted by molar-refractivity contribution is 7.21. The van der Waals surface area contributed by atoms with Gasteiger partial charge in [0, 0.05) is 30.1 Å². The van der Waals surface area contributed by atoms with Gasteiger partial charge in [-0.3, -0.25) is 9.78 Å². The summed E-state index contributed by atoms with van der Waals surface area (Å²) >= 11 is 1.58. The van der Waals surface area contributed by atoms with Crippen molar-refractivity contribution >= 4 is 33.5 Å². The van der Waals surface area contributed by atoms with Gasteiger partial charge >= 0.3 is 0 Å². The van der Waals surface area contributed by atoms with Crippen molar-refractivity contribution in [1.82, 2.24) is 9.97 Å². The zero-order valence-electron chi connectivity index (χ0n) is 11.8. The molecule has 0 radical (unpaired) electrons. The van der Waals surface area contributed by atoms with Crippen LogP contribution in [0.4, 0.5) is 0 Å². The first-order chi connectivity index (χ1) is 10.7. The lowest BCUT2D eigenvalue weighted by Crippen LogP contribution is -2.05. The van der Waals surface area contributed by atoms with E-state index in [4.69, 9.17) is 10.5 Å². The number of carbonyl (C=O) groups is 1. The largest absolute Gasteiger partial charge is 0.497 e. The maximum absolute atomic E-state index is 10.8. The number of pyridine rings is 1. The molecule has 5 nitrogen and oxygen atoms in total. The summed E-state index contributed by atoms with van der Waals surface area (Å²) in [6, 6.07) is 7.72. The Hall–Kier alpha value is -2.73. The van der Waals surface area contributed by atoms with Crippen molar-refractivity contribution in [1.29, 1.82) is 0 Å². The van der Waals surface area contributed by atoms with E-state index < -0.39 is 5.91 Å². The topological polar surface area (TPSA) is 78.1 Å². The standard InChI is InChI=1S/C16H13N3O2S/c1-21-12-3-4-14-13(7-12)19-16(22-14)11-6-10(8-18-9-11)2-5-15(17)20/h2-9H,1H3,(H2,17,20)/b5-2+. The number of primary amides is 1. The van der Waals surface area contributed by atoms with Crippen LogP contribution < -0.4 is 10.5 Å². The Bertz CT molecular complexity index is 871. The van der Waals surface area contributed by atoms with Crippen LogP contribution in [0.15, 0.2) is 42.7 Å². The van der Waals surface area contributed by atoms with Gasteiger partial charge in [0.1, 0.15) is 10.8 Å². The average molecular weight is 311 g/mol.